The van der Waals surface area contributed by atoms with E-state index in [0.717, 1.165) is 6.20 Å². The monoisotopic (exact) mass is 227 g/mol. The number of rotatable bonds is 1. The average molecular weight is 228 g/mol. The molecule has 14 heavy (non-hydrogen) atoms. The lowest BCUT2D eigenvalue weighted by Crippen LogP contribution is -2.24. The number of ketones is 1. The first kappa shape index (κ1) is 10.9. The van der Waals surface area contributed by atoms with Crippen LogP contribution in [0.5, 0.6) is 0 Å². The molecule has 2 nitrogen and oxygen atoms in total. The van der Waals surface area contributed by atoms with E-state index in [2.05, 4.69) is 4.98 Å². The molecule has 0 aliphatic carbocycles. The van der Waals surface area contributed by atoms with Gasteiger partial charge < -0.3 is 0 Å². The van der Waals surface area contributed by atoms with E-state index >= 15 is 0 Å². The minimum Gasteiger partial charge on any atom is -0.284 e. The number of hydrogen-bond acceptors (Lipinski definition) is 2. The predicted molar refractivity (Wildman–Crippen MR) is 39.6 cm³/mol. The Morgan fingerprint density at radius 3 is 2.50 bits per heavy atom. The number of halogens is 5. The van der Waals surface area contributed by atoms with E-state index in [0.29, 0.717) is 6.07 Å². The van der Waals surface area contributed by atoms with Crippen molar-refractivity contribution >= 4 is 17.4 Å². The molecule has 0 aromatic carbocycles. The molecule has 1 heterocycles. The zero-order valence-electron chi connectivity index (χ0n) is 6.40. The van der Waals surface area contributed by atoms with E-state index in [9.17, 15) is 22.4 Å². The fourth-order valence-electron chi connectivity index (χ4n) is 0.735. The second-order valence-electron chi connectivity index (χ2n) is 2.32. The van der Waals surface area contributed by atoms with Gasteiger partial charge in [0.2, 0.25) is 5.95 Å². The number of carbonyl (C=O) groups excluding carboxylic acids is 1. The van der Waals surface area contributed by atoms with Crippen LogP contribution < -0.4 is 0 Å². The number of aromatic nitrogens is 1. The van der Waals surface area contributed by atoms with Crippen molar-refractivity contribution in [1.82, 2.24) is 4.98 Å². The Morgan fingerprint density at radius 2 is 2.00 bits per heavy atom. The van der Waals surface area contributed by atoms with Crippen LogP contribution in [0.15, 0.2) is 12.3 Å². The van der Waals surface area contributed by atoms with Gasteiger partial charge in [-0.25, -0.2) is 4.98 Å². The van der Waals surface area contributed by atoms with Gasteiger partial charge in [0, 0.05) is 6.20 Å². The highest BCUT2D eigenvalue weighted by Gasteiger charge is 2.41. The quantitative estimate of drug-likeness (QED) is 0.419. The summed E-state index contributed by atoms with van der Waals surface area (Å²) in [7, 11) is 0. The van der Waals surface area contributed by atoms with Gasteiger partial charge in [-0.2, -0.15) is 17.6 Å². The van der Waals surface area contributed by atoms with Gasteiger partial charge in [-0.1, -0.05) is 11.6 Å². The summed E-state index contributed by atoms with van der Waals surface area (Å²) in [5, 5.41) is -0.237. The second-order valence-corrected chi connectivity index (χ2v) is 2.76. The average Bonchev–Trinajstić information content (AvgIpc) is 2.06. The first-order chi connectivity index (χ1) is 6.32. The maximum absolute atomic E-state index is 12.7. The fourth-order valence-corrected chi connectivity index (χ4v) is 0.892. The van der Waals surface area contributed by atoms with Crippen molar-refractivity contribution < 1.29 is 22.4 Å². The third-order valence-electron chi connectivity index (χ3n) is 1.31. The molecular weight excluding hydrogens is 226 g/mol. The molecule has 0 aliphatic heterocycles. The van der Waals surface area contributed by atoms with E-state index in [1.807, 2.05) is 0 Å². The number of Topliss-reactive ketones (excluding diaryl/α,β-unsaturated/α-hetero) is 1. The first-order valence-corrected chi connectivity index (χ1v) is 3.62. The second kappa shape index (κ2) is 3.53. The third-order valence-corrected chi connectivity index (χ3v) is 1.51. The van der Waals surface area contributed by atoms with Gasteiger partial charge in [-0.15, -0.1) is 0 Å². The van der Waals surface area contributed by atoms with E-state index in [1.165, 1.54) is 0 Å². The summed E-state index contributed by atoms with van der Waals surface area (Å²) >= 11 is 5.26. The molecular formula is C7H2ClF4NO. The molecule has 0 N–H and O–H groups in total. The highest BCUT2D eigenvalue weighted by molar-refractivity contribution is 6.30. The summed E-state index contributed by atoms with van der Waals surface area (Å²) in [4.78, 5) is 13.5. The minimum atomic E-state index is -5.13. The molecule has 0 amide bonds. The molecule has 1 aromatic heterocycles. The van der Waals surface area contributed by atoms with E-state index < -0.39 is 23.5 Å². The van der Waals surface area contributed by atoms with Crippen molar-refractivity contribution in [2.45, 2.75) is 6.18 Å². The number of alkyl halides is 3. The van der Waals surface area contributed by atoms with E-state index in [-0.39, 0.29) is 5.02 Å². The van der Waals surface area contributed by atoms with Crippen molar-refractivity contribution in [2.75, 3.05) is 0 Å². The lowest BCUT2D eigenvalue weighted by atomic mass is 10.2. The van der Waals surface area contributed by atoms with Crippen LogP contribution >= 0.6 is 11.6 Å². The van der Waals surface area contributed by atoms with Crippen LogP contribution in [0, 0.1) is 5.95 Å². The lowest BCUT2D eigenvalue weighted by molar-refractivity contribution is -0.0888. The highest BCUT2D eigenvalue weighted by Crippen LogP contribution is 2.23. The Hall–Kier alpha value is -1.17. The normalized spacial score (nSPS) is 11.5. The van der Waals surface area contributed by atoms with Crippen LogP contribution in [0.3, 0.4) is 0 Å². The molecule has 0 saturated carbocycles. The molecule has 1 rings (SSSR count). The SMILES string of the molecule is O=C(c1cc(Cl)cnc1F)C(F)(F)F. The van der Waals surface area contributed by atoms with Gasteiger partial charge in [0.05, 0.1) is 10.6 Å². The fraction of sp³-hybridized carbons (Fsp3) is 0.143. The largest absolute Gasteiger partial charge is 0.455 e. The summed E-state index contributed by atoms with van der Waals surface area (Å²) in [6, 6.07) is 0.583. The van der Waals surface area contributed by atoms with E-state index in [4.69, 9.17) is 11.6 Å². The van der Waals surface area contributed by atoms with Crippen LogP contribution in [-0.4, -0.2) is 16.9 Å². The highest BCUT2D eigenvalue weighted by atomic mass is 35.5. The summed E-state index contributed by atoms with van der Waals surface area (Å²) in [5.74, 6) is -3.79. The standard InChI is InChI=1S/C7H2ClF4NO/c8-3-1-4(6(9)13-2-3)5(14)7(10,11)12/h1-2H. The molecule has 7 heteroatoms. The molecule has 0 aliphatic rings. The van der Waals surface area contributed by atoms with Crippen molar-refractivity contribution in [3.05, 3.63) is 28.8 Å². The number of carbonyl (C=O) groups is 1. The van der Waals surface area contributed by atoms with Gasteiger partial charge in [-0.3, -0.25) is 4.79 Å². The predicted octanol–water partition coefficient (Wildman–Crippen LogP) is 2.62. The van der Waals surface area contributed by atoms with Crippen LogP contribution in [0.1, 0.15) is 10.4 Å². The maximum atomic E-state index is 12.7. The summed E-state index contributed by atoms with van der Waals surface area (Å²) in [5.41, 5.74) is -1.18. The molecule has 1 aromatic rings. The molecule has 0 bridgehead atoms. The van der Waals surface area contributed by atoms with Crippen molar-refractivity contribution in [1.29, 1.82) is 0 Å². The molecule has 76 valence electrons. The molecule has 0 fully saturated rings. The van der Waals surface area contributed by atoms with Crippen molar-refractivity contribution in [2.24, 2.45) is 0 Å². The topological polar surface area (TPSA) is 30.0 Å². The van der Waals surface area contributed by atoms with Gasteiger partial charge in [0.1, 0.15) is 0 Å². The number of pyridine rings is 1. The van der Waals surface area contributed by atoms with Crippen LogP contribution in [0.2, 0.25) is 5.02 Å². The molecule has 0 radical (unpaired) electrons. The Kier molecular flexibility index (Phi) is 2.75. The smallest absolute Gasteiger partial charge is 0.284 e. The number of nitrogens with zero attached hydrogens (tertiary/aromatic N) is 1. The van der Waals surface area contributed by atoms with Crippen LogP contribution in [0.25, 0.3) is 0 Å². The Labute approximate surface area is 80.5 Å². The van der Waals surface area contributed by atoms with Gasteiger partial charge in [0.15, 0.2) is 0 Å². The zero-order valence-corrected chi connectivity index (χ0v) is 7.16. The summed E-state index contributed by atoms with van der Waals surface area (Å²) < 4.78 is 48.2. The van der Waals surface area contributed by atoms with E-state index in [1.54, 1.807) is 0 Å². The maximum Gasteiger partial charge on any atom is 0.455 e. The Morgan fingerprint density at radius 1 is 1.43 bits per heavy atom. The molecule has 0 saturated heterocycles. The minimum absolute atomic E-state index is 0.237. The summed E-state index contributed by atoms with van der Waals surface area (Å²) in [6.07, 6.45) is -4.32. The summed E-state index contributed by atoms with van der Waals surface area (Å²) in [6.45, 7) is 0. The molecule has 0 unspecified atom stereocenters. The Bertz CT molecular complexity index is 376. The third kappa shape index (κ3) is 2.20. The molecule has 0 atom stereocenters. The van der Waals surface area contributed by atoms with Crippen molar-refractivity contribution in [3.63, 3.8) is 0 Å². The zero-order chi connectivity index (χ0) is 10.9. The van der Waals surface area contributed by atoms with Crippen LogP contribution in [-0.2, 0) is 0 Å². The molecule has 0 spiro atoms. The van der Waals surface area contributed by atoms with Gasteiger partial charge in [-0.05, 0) is 6.07 Å². The van der Waals surface area contributed by atoms with Gasteiger partial charge >= 0.3 is 6.18 Å². The van der Waals surface area contributed by atoms with Crippen molar-refractivity contribution in [3.8, 4) is 0 Å². The lowest BCUT2D eigenvalue weighted by Gasteiger charge is -2.05. The van der Waals surface area contributed by atoms with Crippen LogP contribution in [0.4, 0.5) is 17.6 Å². The number of hydrogen-bond donors (Lipinski definition) is 0. The van der Waals surface area contributed by atoms with Gasteiger partial charge in [0.25, 0.3) is 5.78 Å². The first-order valence-electron chi connectivity index (χ1n) is 3.25. The Balaban J connectivity index is 3.19.